The van der Waals surface area contributed by atoms with Gasteiger partial charge in [-0.3, -0.25) is 4.79 Å². The first-order valence-corrected chi connectivity index (χ1v) is 10.3. The summed E-state index contributed by atoms with van der Waals surface area (Å²) in [4.78, 5) is 15.4. The molecule has 2 aliphatic rings. The third kappa shape index (κ3) is 3.11. The van der Waals surface area contributed by atoms with Gasteiger partial charge in [0.1, 0.15) is 11.4 Å². The molecule has 29 heavy (non-hydrogen) atoms. The Morgan fingerprint density at radius 2 is 1.79 bits per heavy atom. The molecule has 148 valence electrons. The van der Waals surface area contributed by atoms with E-state index in [1.54, 1.807) is 6.20 Å². The van der Waals surface area contributed by atoms with E-state index in [0.717, 1.165) is 25.2 Å². The molecule has 2 aliphatic heterocycles. The van der Waals surface area contributed by atoms with Crippen molar-refractivity contribution in [2.75, 3.05) is 11.9 Å². The largest absolute Gasteiger partial charge is 0.363 e. The molecule has 0 spiro atoms. The van der Waals surface area contributed by atoms with Crippen LogP contribution in [0, 0.1) is 0 Å². The van der Waals surface area contributed by atoms with Gasteiger partial charge in [0.05, 0.1) is 17.8 Å². The molecule has 0 fully saturated rings. The van der Waals surface area contributed by atoms with E-state index < -0.39 is 0 Å². The van der Waals surface area contributed by atoms with Crippen molar-refractivity contribution in [2.45, 2.75) is 44.8 Å². The summed E-state index contributed by atoms with van der Waals surface area (Å²) in [5, 5.41) is 8.21. The van der Waals surface area contributed by atoms with E-state index in [9.17, 15) is 4.79 Å². The van der Waals surface area contributed by atoms with Crippen molar-refractivity contribution >= 4 is 11.7 Å². The Morgan fingerprint density at radius 3 is 2.59 bits per heavy atom. The van der Waals surface area contributed by atoms with Crippen molar-refractivity contribution in [1.29, 1.82) is 0 Å². The molecule has 3 heterocycles. The highest BCUT2D eigenvalue weighted by Gasteiger charge is 2.37. The summed E-state index contributed by atoms with van der Waals surface area (Å²) in [6.45, 7) is 5.77. The Balaban J connectivity index is 1.46. The lowest BCUT2D eigenvalue weighted by Gasteiger charge is -2.38. The maximum Gasteiger partial charge on any atom is 0.259 e. The molecule has 0 saturated heterocycles. The quantitative estimate of drug-likeness (QED) is 0.711. The molecule has 5 heteroatoms. The van der Waals surface area contributed by atoms with Crippen LogP contribution in [0.15, 0.2) is 60.8 Å². The molecule has 1 atom stereocenters. The maximum absolute atomic E-state index is 13.4. The monoisotopic (exact) mass is 386 g/mol. The second kappa shape index (κ2) is 6.76. The number of carbonyl (C=O) groups excluding carboxylic acids is 1. The number of fused-ring (bicyclic) bond motifs is 2. The standard InChI is InChI=1S/C24H26N4O/c1-24(2)14-21(18-9-4-3-5-10-18)26-22-20(15-25-28(22)24)23(29)27-13-12-17-8-6-7-11-19(17)16-27/h3-11,15,21,26H,12-14,16H2,1-2H3. The lowest BCUT2D eigenvalue weighted by Crippen LogP contribution is -2.39. The second-order valence-corrected chi connectivity index (χ2v) is 8.69. The van der Waals surface area contributed by atoms with Gasteiger partial charge < -0.3 is 10.2 Å². The normalized spacial score (nSPS) is 19.8. The Labute approximate surface area is 171 Å². The summed E-state index contributed by atoms with van der Waals surface area (Å²) in [6.07, 6.45) is 3.55. The number of hydrogen-bond donors (Lipinski definition) is 1. The highest BCUT2D eigenvalue weighted by molar-refractivity contribution is 5.99. The van der Waals surface area contributed by atoms with Gasteiger partial charge >= 0.3 is 0 Å². The Kier molecular flexibility index (Phi) is 4.19. The average molecular weight is 386 g/mol. The predicted molar refractivity (Wildman–Crippen MR) is 114 cm³/mol. The summed E-state index contributed by atoms with van der Waals surface area (Å²) in [7, 11) is 0. The summed E-state index contributed by atoms with van der Waals surface area (Å²) >= 11 is 0. The Bertz CT molecular complexity index is 1050. The van der Waals surface area contributed by atoms with E-state index in [-0.39, 0.29) is 17.5 Å². The fraction of sp³-hybridized carbons (Fsp3) is 0.333. The van der Waals surface area contributed by atoms with Crippen LogP contribution in [0.5, 0.6) is 0 Å². The van der Waals surface area contributed by atoms with Crippen LogP contribution >= 0.6 is 0 Å². The van der Waals surface area contributed by atoms with Crippen LogP contribution in [0.2, 0.25) is 0 Å². The van der Waals surface area contributed by atoms with Crippen molar-refractivity contribution in [1.82, 2.24) is 14.7 Å². The van der Waals surface area contributed by atoms with E-state index in [1.165, 1.54) is 16.7 Å². The number of nitrogens with one attached hydrogen (secondary N) is 1. The molecule has 0 aliphatic carbocycles. The van der Waals surface area contributed by atoms with E-state index in [1.807, 2.05) is 21.7 Å². The van der Waals surface area contributed by atoms with Crippen molar-refractivity contribution in [3.63, 3.8) is 0 Å². The highest BCUT2D eigenvalue weighted by atomic mass is 16.2. The average Bonchev–Trinajstić information content (AvgIpc) is 3.18. The lowest BCUT2D eigenvalue weighted by atomic mass is 9.89. The Hall–Kier alpha value is -3.08. The molecule has 3 aromatic rings. The molecular weight excluding hydrogens is 360 g/mol. The van der Waals surface area contributed by atoms with Gasteiger partial charge in [-0.15, -0.1) is 0 Å². The Morgan fingerprint density at radius 1 is 1.07 bits per heavy atom. The molecule has 1 amide bonds. The fourth-order valence-corrected chi connectivity index (χ4v) is 4.63. The van der Waals surface area contributed by atoms with Crippen LogP contribution in [0.25, 0.3) is 0 Å². The zero-order valence-corrected chi connectivity index (χ0v) is 16.9. The van der Waals surface area contributed by atoms with Gasteiger partial charge in [0.25, 0.3) is 5.91 Å². The van der Waals surface area contributed by atoms with Crippen LogP contribution in [0.3, 0.4) is 0 Å². The zero-order valence-electron chi connectivity index (χ0n) is 16.9. The van der Waals surface area contributed by atoms with Crippen LogP contribution < -0.4 is 5.32 Å². The third-order valence-corrected chi connectivity index (χ3v) is 6.21. The molecule has 0 saturated carbocycles. The topological polar surface area (TPSA) is 50.2 Å². The van der Waals surface area contributed by atoms with Gasteiger partial charge in [0, 0.05) is 13.1 Å². The molecule has 5 nitrogen and oxygen atoms in total. The van der Waals surface area contributed by atoms with Gasteiger partial charge in [-0.2, -0.15) is 5.10 Å². The number of amides is 1. The van der Waals surface area contributed by atoms with Gasteiger partial charge in [0.15, 0.2) is 0 Å². The maximum atomic E-state index is 13.4. The molecule has 1 unspecified atom stereocenters. The predicted octanol–water partition coefficient (Wildman–Crippen LogP) is 4.37. The number of aromatic nitrogens is 2. The van der Waals surface area contributed by atoms with Gasteiger partial charge in [-0.05, 0) is 43.4 Å². The first kappa shape index (κ1) is 18.0. The number of benzene rings is 2. The number of anilines is 1. The van der Waals surface area contributed by atoms with Crippen molar-refractivity contribution in [2.24, 2.45) is 0 Å². The van der Waals surface area contributed by atoms with E-state index in [2.05, 4.69) is 66.7 Å². The van der Waals surface area contributed by atoms with Crippen molar-refractivity contribution < 1.29 is 4.79 Å². The van der Waals surface area contributed by atoms with E-state index >= 15 is 0 Å². The number of carbonyl (C=O) groups is 1. The molecule has 0 bridgehead atoms. The summed E-state index contributed by atoms with van der Waals surface area (Å²) in [5.74, 6) is 0.886. The minimum absolute atomic E-state index is 0.0535. The third-order valence-electron chi connectivity index (χ3n) is 6.21. The first-order valence-electron chi connectivity index (χ1n) is 10.3. The number of nitrogens with zero attached hydrogens (tertiary/aromatic N) is 3. The van der Waals surface area contributed by atoms with E-state index in [0.29, 0.717) is 12.1 Å². The zero-order chi connectivity index (χ0) is 20.0. The van der Waals surface area contributed by atoms with Crippen molar-refractivity contribution in [3.8, 4) is 0 Å². The first-order chi connectivity index (χ1) is 14.0. The van der Waals surface area contributed by atoms with Crippen LogP contribution in [0.4, 0.5) is 5.82 Å². The van der Waals surface area contributed by atoms with E-state index in [4.69, 9.17) is 0 Å². The summed E-state index contributed by atoms with van der Waals surface area (Å²) in [5.41, 5.74) is 4.31. The van der Waals surface area contributed by atoms with Gasteiger partial charge in [0.2, 0.25) is 0 Å². The minimum Gasteiger partial charge on any atom is -0.363 e. The minimum atomic E-state index is -0.173. The van der Waals surface area contributed by atoms with Gasteiger partial charge in [-0.1, -0.05) is 54.6 Å². The molecule has 1 N–H and O–H groups in total. The second-order valence-electron chi connectivity index (χ2n) is 8.69. The molecular formula is C24H26N4O. The molecule has 5 rings (SSSR count). The SMILES string of the molecule is CC1(C)CC(c2ccccc2)Nc2c(C(=O)N3CCc4ccccc4C3)cnn21. The molecule has 1 aromatic heterocycles. The summed E-state index contributed by atoms with van der Waals surface area (Å²) < 4.78 is 1.98. The van der Waals surface area contributed by atoms with Crippen LogP contribution in [0.1, 0.15) is 53.4 Å². The fourth-order valence-electron chi connectivity index (χ4n) is 4.63. The number of hydrogen-bond acceptors (Lipinski definition) is 3. The molecule has 2 aromatic carbocycles. The molecule has 0 radical (unpaired) electrons. The summed E-state index contributed by atoms with van der Waals surface area (Å²) in [6, 6.07) is 19.0. The lowest BCUT2D eigenvalue weighted by molar-refractivity contribution is 0.0735. The van der Waals surface area contributed by atoms with Crippen LogP contribution in [-0.2, 0) is 18.5 Å². The van der Waals surface area contributed by atoms with Crippen LogP contribution in [-0.4, -0.2) is 27.1 Å². The smallest absolute Gasteiger partial charge is 0.259 e. The number of rotatable bonds is 2. The highest BCUT2D eigenvalue weighted by Crippen LogP contribution is 2.40. The van der Waals surface area contributed by atoms with Gasteiger partial charge in [-0.25, -0.2) is 4.68 Å². The van der Waals surface area contributed by atoms with Crippen molar-refractivity contribution in [3.05, 3.63) is 83.0 Å².